The molecule has 0 spiro atoms. The lowest BCUT2D eigenvalue weighted by atomic mass is 9.87. The quantitative estimate of drug-likeness (QED) is 0.919. The molecule has 3 nitrogen and oxygen atoms in total. The van der Waals surface area contributed by atoms with Gasteiger partial charge in [-0.2, -0.15) is 0 Å². The van der Waals surface area contributed by atoms with Crippen LogP contribution < -0.4 is 10.2 Å². The number of para-hydroxylation sites is 1. The predicted molar refractivity (Wildman–Crippen MR) is 102 cm³/mol. The van der Waals surface area contributed by atoms with Crippen LogP contribution in [0.25, 0.3) is 0 Å². The molecule has 0 radical (unpaired) electrons. The topological polar surface area (TPSA) is 32.3 Å². The number of carbonyl (C=O) groups excluding carboxylic acids is 1. The highest BCUT2D eigenvalue weighted by atomic mass is 16.2. The van der Waals surface area contributed by atoms with Crippen LogP contribution in [0.4, 0.5) is 5.69 Å². The monoisotopic (exact) mass is 334 g/mol. The smallest absolute Gasteiger partial charge is 0.243 e. The van der Waals surface area contributed by atoms with Gasteiger partial charge in [0.05, 0.1) is 6.04 Å². The van der Waals surface area contributed by atoms with Crippen LogP contribution in [-0.2, 0) is 17.6 Å². The Balaban J connectivity index is 1.51. The van der Waals surface area contributed by atoms with E-state index in [-0.39, 0.29) is 18.0 Å². The lowest BCUT2D eigenvalue weighted by molar-refractivity contribution is -0.120. The summed E-state index contributed by atoms with van der Waals surface area (Å²) in [7, 11) is 0. The van der Waals surface area contributed by atoms with E-state index in [1.54, 1.807) is 0 Å². The lowest BCUT2D eigenvalue weighted by Crippen LogP contribution is -2.48. The molecule has 2 aromatic rings. The predicted octanol–water partition coefficient (Wildman–Crippen LogP) is 4.02. The summed E-state index contributed by atoms with van der Waals surface area (Å²) in [5, 5.41) is 3.61. The number of rotatable bonds is 3. The van der Waals surface area contributed by atoms with Crippen molar-refractivity contribution in [3.8, 4) is 0 Å². The number of hydrogen-bond donors (Lipinski definition) is 1. The summed E-state index contributed by atoms with van der Waals surface area (Å²) in [6, 6.07) is 17.1. The zero-order chi connectivity index (χ0) is 17.2. The molecule has 1 heterocycles. The van der Waals surface area contributed by atoms with Gasteiger partial charge in [0.25, 0.3) is 0 Å². The Morgan fingerprint density at radius 3 is 2.64 bits per heavy atom. The molecule has 0 unspecified atom stereocenters. The first-order valence-electron chi connectivity index (χ1n) is 9.47. The molecule has 3 heteroatoms. The molecule has 2 aliphatic rings. The SMILES string of the molecule is C[C@H](N[C@H]1CCCc2ccccc21)C(=O)N1CCCc2ccccc21. The van der Waals surface area contributed by atoms with Crippen LogP contribution in [0.2, 0.25) is 0 Å². The second kappa shape index (κ2) is 7.01. The van der Waals surface area contributed by atoms with Crippen LogP contribution in [0.1, 0.15) is 48.9 Å². The lowest BCUT2D eigenvalue weighted by Gasteiger charge is -2.34. The Morgan fingerprint density at radius 1 is 1.04 bits per heavy atom. The number of fused-ring (bicyclic) bond motifs is 2. The Kier molecular flexibility index (Phi) is 4.58. The van der Waals surface area contributed by atoms with Gasteiger partial charge in [-0.25, -0.2) is 0 Å². The fraction of sp³-hybridized carbons (Fsp3) is 0.409. The summed E-state index contributed by atoms with van der Waals surface area (Å²) in [5.41, 5.74) is 5.18. The number of hydrogen-bond acceptors (Lipinski definition) is 2. The van der Waals surface area contributed by atoms with Crippen molar-refractivity contribution in [2.24, 2.45) is 0 Å². The van der Waals surface area contributed by atoms with E-state index < -0.39 is 0 Å². The zero-order valence-corrected chi connectivity index (χ0v) is 14.9. The summed E-state index contributed by atoms with van der Waals surface area (Å²) in [6.07, 6.45) is 5.54. The fourth-order valence-corrected chi connectivity index (χ4v) is 4.30. The van der Waals surface area contributed by atoms with Gasteiger partial charge in [0.2, 0.25) is 5.91 Å². The average molecular weight is 334 g/mol. The maximum Gasteiger partial charge on any atom is 0.243 e. The second-order valence-corrected chi connectivity index (χ2v) is 7.25. The van der Waals surface area contributed by atoms with Crippen LogP contribution in [0.5, 0.6) is 0 Å². The maximum atomic E-state index is 13.1. The van der Waals surface area contributed by atoms with Crippen LogP contribution in [0, 0.1) is 0 Å². The maximum absolute atomic E-state index is 13.1. The van der Waals surface area contributed by atoms with Crippen LogP contribution in [-0.4, -0.2) is 18.5 Å². The normalized spacial score (nSPS) is 20.5. The van der Waals surface area contributed by atoms with Gasteiger partial charge in [-0.15, -0.1) is 0 Å². The minimum atomic E-state index is -0.178. The van der Waals surface area contributed by atoms with Crippen molar-refractivity contribution in [1.82, 2.24) is 5.32 Å². The molecule has 0 saturated heterocycles. The Labute approximate surface area is 150 Å². The third-order valence-corrected chi connectivity index (χ3v) is 5.57. The molecule has 1 amide bonds. The highest BCUT2D eigenvalue weighted by Gasteiger charge is 2.29. The molecule has 25 heavy (non-hydrogen) atoms. The molecule has 2 atom stereocenters. The van der Waals surface area contributed by atoms with E-state index in [0.29, 0.717) is 0 Å². The van der Waals surface area contributed by atoms with Crippen molar-refractivity contribution < 1.29 is 4.79 Å². The molecule has 0 aromatic heterocycles. The Hall–Kier alpha value is -2.13. The van der Waals surface area contributed by atoms with Gasteiger partial charge >= 0.3 is 0 Å². The average Bonchev–Trinajstić information content (AvgIpc) is 2.67. The molecule has 0 fully saturated rings. The summed E-state index contributed by atoms with van der Waals surface area (Å²) in [6.45, 7) is 2.83. The molecule has 1 aliphatic heterocycles. The number of amides is 1. The van der Waals surface area contributed by atoms with E-state index in [9.17, 15) is 4.79 Å². The molecular formula is C22H26N2O. The van der Waals surface area contributed by atoms with Crippen LogP contribution in [0.15, 0.2) is 48.5 Å². The van der Waals surface area contributed by atoms with E-state index in [0.717, 1.165) is 37.9 Å². The molecular weight excluding hydrogens is 308 g/mol. The van der Waals surface area contributed by atoms with Crippen molar-refractivity contribution in [3.63, 3.8) is 0 Å². The second-order valence-electron chi connectivity index (χ2n) is 7.25. The fourth-order valence-electron chi connectivity index (χ4n) is 4.30. The van der Waals surface area contributed by atoms with Crippen LogP contribution >= 0.6 is 0 Å². The van der Waals surface area contributed by atoms with Crippen LogP contribution in [0.3, 0.4) is 0 Å². The van der Waals surface area contributed by atoms with Gasteiger partial charge in [0, 0.05) is 18.3 Å². The third kappa shape index (κ3) is 3.21. The number of aryl methyl sites for hydroxylation is 2. The van der Waals surface area contributed by atoms with E-state index in [4.69, 9.17) is 0 Å². The summed E-state index contributed by atoms with van der Waals surface area (Å²) >= 11 is 0. The van der Waals surface area contributed by atoms with E-state index in [2.05, 4.69) is 47.8 Å². The van der Waals surface area contributed by atoms with E-state index in [1.807, 2.05) is 17.9 Å². The van der Waals surface area contributed by atoms with Gasteiger partial charge in [0.15, 0.2) is 0 Å². The number of benzene rings is 2. The summed E-state index contributed by atoms with van der Waals surface area (Å²) in [4.78, 5) is 15.1. The van der Waals surface area contributed by atoms with Crippen molar-refractivity contribution >= 4 is 11.6 Å². The first-order chi connectivity index (χ1) is 12.2. The van der Waals surface area contributed by atoms with E-state index in [1.165, 1.54) is 23.1 Å². The minimum Gasteiger partial charge on any atom is -0.311 e. The van der Waals surface area contributed by atoms with Gasteiger partial charge in [-0.05, 0) is 61.8 Å². The van der Waals surface area contributed by atoms with Crippen molar-refractivity contribution in [2.75, 3.05) is 11.4 Å². The third-order valence-electron chi connectivity index (χ3n) is 5.57. The van der Waals surface area contributed by atoms with Gasteiger partial charge < -0.3 is 4.90 Å². The molecule has 0 bridgehead atoms. The molecule has 2 aromatic carbocycles. The van der Waals surface area contributed by atoms with Gasteiger partial charge in [-0.1, -0.05) is 42.5 Å². The Morgan fingerprint density at radius 2 is 1.76 bits per heavy atom. The van der Waals surface area contributed by atoms with Crippen molar-refractivity contribution in [3.05, 3.63) is 65.2 Å². The number of carbonyl (C=O) groups is 1. The van der Waals surface area contributed by atoms with Crippen molar-refractivity contribution in [2.45, 2.75) is 51.1 Å². The highest BCUT2D eigenvalue weighted by Crippen LogP contribution is 2.31. The molecule has 1 aliphatic carbocycles. The molecule has 1 N–H and O–H groups in total. The molecule has 130 valence electrons. The number of nitrogens with one attached hydrogen (secondary N) is 1. The zero-order valence-electron chi connectivity index (χ0n) is 14.9. The number of anilines is 1. The van der Waals surface area contributed by atoms with E-state index >= 15 is 0 Å². The van der Waals surface area contributed by atoms with Gasteiger partial charge in [0.1, 0.15) is 0 Å². The first-order valence-corrected chi connectivity index (χ1v) is 9.47. The first kappa shape index (κ1) is 16.3. The standard InChI is InChI=1S/C22H26N2O/c1-16(23-20-13-6-10-17-8-2-4-12-19(17)20)22(25)24-15-7-11-18-9-3-5-14-21(18)24/h2-5,8-9,12,14,16,20,23H,6-7,10-11,13,15H2,1H3/t16-,20-/m0/s1. The Bertz CT molecular complexity index is 770. The minimum absolute atomic E-state index is 0.178. The molecule has 4 rings (SSSR count). The summed E-state index contributed by atoms with van der Waals surface area (Å²) in [5.74, 6) is 0.190. The molecule has 0 saturated carbocycles. The highest BCUT2D eigenvalue weighted by molar-refractivity contribution is 5.98. The summed E-state index contributed by atoms with van der Waals surface area (Å²) < 4.78 is 0. The van der Waals surface area contributed by atoms with Crippen molar-refractivity contribution in [1.29, 1.82) is 0 Å². The van der Waals surface area contributed by atoms with Gasteiger partial charge in [-0.3, -0.25) is 10.1 Å². The largest absolute Gasteiger partial charge is 0.311 e. The number of nitrogens with zero attached hydrogens (tertiary/aromatic N) is 1.